The van der Waals surface area contributed by atoms with Gasteiger partial charge in [-0.3, -0.25) is 4.79 Å². The normalized spacial score (nSPS) is 24.3. The first-order valence-corrected chi connectivity index (χ1v) is 5.20. The Hall–Kier alpha value is -1.26. The van der Waals surface area contributed by atoms with Crippen LogP contribution in [0.4, 0.5) is 0 Å². The number of rotatable bonds is 2. The Morgan fingerprint density at radius 3 is 2.88 bits per heavy atom. The van der Waals surface area contributed by atoms with Crippen molar-refractivity contribution in [2.45, 2.75) is 18.6 Å². The van der Waals surface area contributed by atoms with Crippen molar-refractivity contribution >= 4 is 17.6 Å². The minimum absolute atomic E-state index is 0.00178. The Morgan fingerprint density at radius 1 is 1.56 bits per heavy atom. The van der Waals surface area contributed by atoms with Crippen LogP contribution in [-0.4, -0.2) is 24.3 Å². The molecule has 0 unspecified atom stereocenters. The number of hydrogen-bond acceptors (Lipinski definition) is 4. The number of carbonyl (C=O) groups excluding carboxylic acids is 1. The summed E-state index contributed by atoms with van der Waals surface area (Å²) >= 11 is 5.99. The van der Waals surface area contributed by atoms with Crippen LogP contribution in [0, 0.1) is 0 Å². The molecule has 0 radical (unpaired) electrons. The molecule has 1 aromatic carbocycles. The second-order valence-electron chi connectivity index (χ2n) is 3.57. The minimum Gasteiger partial charge on any atom is -0.497 e. The highest BCUT2D eigenvalue weighted by Gasteiger charge is 2.35. The number of ether oxygens (including phenoxy) is 2. The third kappa shape index (κ3) is 1.99. The Morgan fingerprint density at radius 2 is 2.31 bits per heavy atom. The lowest BCUT2D eigenvalue weighted by Gasteiger charge is -2.15. The monoisotopic (exact) mass is 242 g/mol. The summed E-state index contributed by atoms with van der Waals surface area (Å²) in [6.45, 7) is 0. The van der Waals surface area contributed by atoms with Crippen molar-refractivity contribution in [3.63, 3.8) is 0 Å². The number of aliphatic hydroxyl groups excluding tert-OH is 1. The van der Waals surface area contributed by atoms with Crippen molar-refractivity contribution in [3.05, 3.63) is 28.8 Å². The van der Waals surface area contributed by atoms with E-state index in [0.29, 0.717) is 16.3 Å². The summed E-state index contributed by atoms with van der Waals surface area (Å²) in [5, 5.41) is 10.1. The van der Waals surface area contributed by atoms with Gasteiger partial charge in [0.2, 0.25) is 0 Å². The van der Waals surface area contributed by atoms with Gasteiger partial charge in [0, 0.05) is 10.6 Å². The second-order valence-corrected chi connectivity index (χ2v) is 3.98. The summed E-state index contributed by atoms with van der Waals surface area (Å²) < 4.78 is 10.1. The smallest absolute Gasteiger partial charge is 0.309 e. The van der Waals surface area contributed by atoms with Crippen molar-refractivity contribution in [1.29, 1.82) is 0 Å². The molecule has 5 heteroatoms. The Bertz CT molecular complexity index is 418. The van der Waals surface area contributed by atoms with Gasteiger partial charge in [-0.1, -0.05) is 11.6 Å². The molecular formula is C11H11ClO4. The van der Waals surface area contributed by atoms with E-state index in [0.717, 1.165) is 0 Å². The fraction of sp³-hybridized carbons (Fsp3) is 0.364. The quantitative estimate of drug-likeness (QED) is 0.802. The van der Waals surface area contributed by atoms with Crippen molar-refractivity contribution in [2.24, 2.45) is 0 Å². The van der Waals surface area contributed by atoms with E-state index in [1.165, 1.54) is 7.11 Å². The van der Waals surface area contributed by atoms with Gasteiger partial charge in [-0.05, 0) is 18.2 Å². The van der Waals surface area contributed by atoms with Crippen molar-refractivity contribution in [1.82, 2.24) is 0 Å². The molecule has 16 heavy (non-hydrogen) atoms. The van der Waals surface area contributed by atoms with Gasteiger partial charge in [0.1, 0.15) is 11.9 Å². The van der Waals surface area contributed by atoms with Gasteiger partial charge >= 0.3 is 5.97 Å². The van der Waals surface area contributed by atoms with Gasteiger partial charge in [0.25, 0.3) is 0 Å². The average Bonchev–Trinajstić information content (AvgIpc) is 2.58. The molecule has 0 saturated carbocycles. The average molecular weight is 243 g/mol. The zero-order chi connectivity index (χ0) is 11.7. The molecule has 2 rings (SSSR count). The van der Waals surface area contributed by atoms with E-state index in [9.17, 15) is 9.90 Å². The maximum absolute atomic E-state index is 11.0. The van der Waals surface area contributed by atoms with E-state index in [1.807, 2.05) is 0 Å². The Kier molecular flexibility index (Phi) is 3.03. The number of cyclic esters (lactones) is 1. The molecule has 1 fully saturated rings. The van der Waals surface area contributed by atoms with Gasteiger partial charge in [0.05, 0.1) is 13.5 Å². The van der Waals surface area contributed by atoms with Crippen LogP contribution < -0.4 is 4.74 Å². The second kappa shape index (κ2) is 4.31. The van der Waals surface area contributed by atoms with Crippen LogP contribution in [0.25, 0.3) is 0 Å². The summed E-state index contributed by atoms with van der Waals surface area (Å²) in [6, 6.07) is 5.01. The van der Waals surface area contributed by atoms with Crippen LogP contribution in [0.3, 0.4) is 0 Å². The molecule has 0 amide bonds. The lowest BCUT2D eigenvalue weighted by molar-refractivity contribution is -0.142. The van der Waals surface area contributed by atoms with Crippen LogP contribution in [0.15, 0.2) is 18.2 Å². The van der Waals surface area contributed by atoms with Crippen molar-refractivity contribution < 1.29 is 19.4 Å². The van der Waals surface area contributed by atoms with Gasteiger partial charge in [-0.2, -0.15) is 0 Å². The molecule has 0 spiro atoms. The number of aliphatic hydroxyl groups is 1. The maximum Gasteiger partial charge on any atom is 0.309 e. The molecule has 1 aromatic rings. The highest BCUT2D eigenvalue weighted by Crippen LogP contribution is 2.36. The molecule has 1 saturated heterocycles. The molecule has 1 heterocycles. The van der Waals surface area contributed by atoms with Crippen LogP contribution in [0.5, 0.6) is 5.75 Å². The van der Waals surface area contributed by atoms with Crippen molar-refractivity contribution in [3.8, 4) is 5.75 Å². The molecule has 0 bridgehead atoms. The van der Waals surface area contributed by atoms with E-state index < -0.39 is 18.2 Å². The minimum atomic E-state index is -0.850. The molecule has 1 aliphatic heterocycles. The van der Waals surface area contributed by atoms with Gasteiger partial charge < -0.3 is 14.6 Å². The molecule has 1 aliphatic rings. The van der Waals surface area contributed by atoms with Crippen LogP contribution in [-0.2, 0) is 9.53 Å². The highest BCUT2D eigenvalue weighted by atomic mass is 35.5. The van der Waals surface area contributed by atoms with Gasteiger partial charge in [-0.15, -0.1) is 0 Å². The largest absolute Gasteiger partial charge is 0.497 e. The van der Waals surface area contributed by atoms with E-state index >= 15 is 0 Å². The van der Waals surface area contributed by atoms with Crippen LogP contribution in [0.1, 0.15) is 18.1 Å². The van der Waals surface area contributed by atoms with E-state index in [4.69, 9.17) is 21.1 Å². The molecular weight excluding hydrogens is 232 g/mol. The maximum atomic E-state index is 11.0. The summed E-state index contributed by atoms with van der Waals surface area (Å²) in [4.78, 5) is 11.0. The molecule has 1 N–H and O–H groups in total. The summed E-state index contributed by atoms with van der Waals surface area (Å²) in [6.07, 6.45) is -1.55. The van der Waals surface area contributed by atoms with Crippen molar-refractivity contribution in [2.75, 3.05) is 7.11 Å². The number of carbonyl (C=O) groups is 1. The fourth-order valence-electron chi connectivity index (χ4n) is 1.68. The summed E-state index contributed by atoms with van der Waals surface area (Å²) in [5.74, 6) is 0.186. The molecule has 86 valence electrons. The standard InChI is InChI=1S/C11H11ClO4/c1-15-6-2-3-8(12)7(4-6)11-9(13)5-10(14)16-11/h2-4,9,11,13H,5H2,1H3/t9-,11-/m1/s1. The number of methoxy groups -OCH3 is 1. The Balaban J connectivity index is 2.35. The van der Waals surface area contributed by atoms with Crippen LogP contribution >= 0.6 is 11.6 Å². The van der Waals surface area contributed by atoms with E-state index in [-0.39, 0.29) is 6.42 Å². The Labute approximate surface area is 97.7 Å². The highest BCUT2D eigenvalue weighted by molar-refractivity contribution is 6.31. The van der Waals surface area contributed by atoms with Gasteiger partial charge in [0.15, 0.2) is 6.10 Å². The summed E-state index contributed by atoms with van der Waals surface area (Å²) in [5.41, 5.74) is 0.569. The molecule has 0 aliphatic carbocycles. The first kappa shape index (κ1) is 11.2. The molecule has 0 aromatic heterocycles. The number of hydrogen-bond donors (Lipinski definition) is 1. The third-order valence-corrected chi connectivity index (χ3v) is 2.84. The zero-order valence-corrected chi connectivity index (χ0v) is 9.40. The summed E-state index contributed by atoms with van der Waals surface area (Å²) in [7, 11) is 1.53. The third-order valence-electron chi connectivity index (χ3n) is 2.49. The first-order valence-electron chi connectivity index (χ1n) is 4.83. The van der Waals surface area contributed by atoms with E-state index in [1.54, 1.807) is 18.2 Å². The predicted octanol–water partition coefficient (Wildman–Crippen LogP) is 1.70. The number of esters is 1. The zero-order valence-electron chi connectivity index (χ0n) is 8.64. The molecule has 4 nitrogen and oxygen atoms in total. The van der Waals surface area contributed by atoms with Crippen LogP contribution in [0.2, 0.25) is 5.02 Å². The van der Waals surface area contributed by atoms with E-state index in [2.05, 4.69) is 0 Å². The number of halogens is 1. The first-order chi connectivity index (χ1) is 7.61. The molecule has 2 atom stereocenters. The lowest BCUT2D eigenvalue weighted by atomic mass is 10.0. The topological polar surface area (TPSA) is 55.8 Å². The predicted molar refractivity (Wildman–Crippen MR) is 57.5 cm³/mol. The number of benzene rings is 1. The SMILES string of the molecule is COc1ccc(Cl)c([C@H]2OC(=O)C[C@H]2O)c1. The van der Waals surface area contributed by atoms with Gasteiger partial charge in [-0.25, -0.2) is 0 Å². The lowest BCUT2D eigenvalue weighted by Crippen LogP contribution is -2.12. The fourth-order valence-corrected chi connectivity index (χ4v) is 1.91.